The summed E-state index contributed by atoms with van der Waals surface area (Å²) in [7, 11) is 1.29. The van der Waals surface area contributed by atoms with E-state index in [0.717, 1.165) is 11.8 Å². The van der Waals surface area contributed by atoms with E-state index in [1.165, 1.54) is 13.2 Å². The second-order valence-corrected chi connectivity index (χ2v) is 6.84. The fraction of sp³-hybridized carbons (Fsp3) is 0.0526. The first-order chi connectivity index (χ1) is 13.5. The van der Waals surface area contributed by atoms with Crippen molar-refractivity contribution in [1.29, 1.82) is 0 Å². The lowest BCUT2D eigenvalue weighted by atomic mass is 10.1. The first-order valence-electron chi connectivity index (χ1n) is 7.87. The molecule has 0 atom stereocenters. The van der Waals surface area contributed by atoms with E-state index in [0.29, 0.717) is 21.7 Å². The summed E-state index contributed by atoms with van der Waals surface area (Å²) in [4.78, 5) is 23.0. The van der Waals surface area contributed by atoms with E-state index in [1.807, 2.05) is 0 Å². The maximum atomic E-state index is 11.6. The Kier molecular flexibility index (Phi) is 6.13. The molecule has 3 aromatic rings. The van der Waals surface area contributed by atoms with Gasteiger partial charge in [0.05, 0.1) is 12.7 Å². The fourth-order valence-electron chi connectivity index (χ4n) is 2.17. The van der Waals surface area contributed by atoms with Gasteiger partial charge in [0, 0.05) is 10.6 Å². The van der Waals surface area contributed by atoms with Gasteiger partial charge in [0.1, 0.15) is 4.91 Å². The molecule has 0 aliphatic heterocycles. The predicted octanol–water partition coefficient (Wildman–Crippen LogP) is 4.39. The van der Waals surface area contributed by atoms with E-state index in [-0.39, 0.29) is 16.0 Å². The predicted molar refractivity (Wildman–Crippen MR) is 104 cm³/mol. The van der Waals surface area contributed by atoms with Gasteiger partial charge in [-0.2, -0.15) is 0 Å². The van der Waals surface area contributed by atoms with Gasteiger partial charge >= 0.3 is 11.9 Å². The molecule has 0 aliphatic rings. The molecule has 0 bridgehead atoms. The van der Waals surface area contributed by atoms with Gasteiger partial charge in [0.2, 0.25) is 5.89 Å². The number of carbonyl (C=O) groups is 2. The minimum atomic E-state index is -1.15. The first kappa shape index (κ1) is 19.7. The summed E-state index contributed by atoms with van der Waals surface area (Å²) in [6, 6.07) is 13.1. The molecule has 0 spiro atoms. The summed E-state index contributed by atoms with van der Waals surface area (Å²) >= 11 is 6.68. The quantitative estimate of drug-likeness (QED) is 0.358. The highest BCUT2D eigenvalue weighted by Crippen LogP contribution is 2.30. The van der Waals surface area contributed by atoms with E-state index >= 15 is 0 Å². The Morgan fingerprint density at radius 2 is 1.79 bits per heavy atom. The number of hydrogen-bond donors (Lipinski definition) is 1. The average Bonchev–Trinajstić information content (AvgIpc) is 3.16. The molecule has 1 N–H and O–H groups in total. The van der Waals surface area contributed by atoms with Crippen LogP contribution in [0.1, 0.15) is 15.9 Å². The molecule has 9 heteroatoms. The lowest BCUT2D eigenvalue weighted by Crippen LogP contribution is -2.00. The lowest BCUT2D eigenvalue weighted by Gasteiger charge is -2.01. The Balaban J connectivity index is 1.80. The van der Waals surface area contributed by atoms with Crippen LogP contribution in [-0.2, 0) is 9.53 Å². The second-order valence-electron chi connectivity index (χ2n) is 5.41. The van der Waals surface area contributed by atoms with Crippen LogP contribution in [0.15, 0.2) is 63.1 Å². The van der Waals surface area contributed by atoms with Crippen LogP contribution in [-0.4, -0.2) is 34.4 Å². The highest BCUT2D eigenvalue weighted by molar-refractivity contribution is 8.03. The third-order valence-corrected chi connectivity index (χ3v) is 4.64. The number of benzene rings is 2. The Morgan fingerprint density at radius 1 is 1.11 bits per heavy atom. The van der Waals surface area contributed by atoms with Crippen molar-refractivity contribution in [2.45, 2.75) is 5.22 Å². The van der Waals surface area contributed by atoms with Crippen molar-refractivity contribution >= 4 is 41.4 Å². The van der Waals surface area contributed by atoms with Gasteiger partial charge in [-0.1, -0.05) is 23.7 Å². The number of rotatable bonds is 6. The molecule has 0 fully saturated rings. The van der Waals surface area contributed by atoms with Crippen LogP contribution in [0, 0.1) is 0 Å². The zero-order valence-electron chi connectivity index (χ0n) is 14.5. The Hall–Kier alpha value is -3.10. The molecular weight excluding hydrogens is 404 g/mol. The first-order valence-corrected chi connectivity index (χ1v) is 9.06. The molecule has 142 valence electrons. The monoisotopic (exact) mass is 416 g/mol. The molecule has 2 aromatic carbocycles. The summed E-state index contributed by atoms with van der Waals surface area (Å²) in [5.41, 5.74) is 1.63. The number of nitrogens with zero attached hydrogens (tertiary/aromatic N) is 2. The molecule has 0 saturated heterocycles. The van der Waals surface area contributed by atoms with Gasteiger partial charge in [0.15, 0.2) is 0 Å². The van der Waals surface area contributed by atoms with Gasteiger partial charge < -0.3 is 14.3 Å². The molecule has 0 radical (unpaired) electrons. The highest BCUT2D eigenvalue weighted by atomic mass is 35.5. The normalized spacial score (nSPS) is 11.3. The van der Waals surface area contributed by atoms with Crippen LogP contribution >= 0.6 is 23.4 Å². The van der Waals surface area contributed by atoms with Crippen molar-refractivity contribution in [3.63, 3.8) is 0 Å². The number of carbonyl (C=O) groups excluding carboxylic acids is 1. The molecule has 3 rings (SSSR count). The SMILES string of the molecule is COC(=O)c1ccc(/C=C(\Sc2nnc(-c3ccc(Cl)cc3)o2)C(=O)O)cc1. The van der Waals surface area contributed by atoms with Crippen molar-refractivity contribution in [2.75, 3.05) is 7.11 Å². The lowest BCUT2D eigenvalue weighted by molar-refractivity contribution is -0.131. The van der Waals surface area contributed by atoms with E-state index in [2.05, 4.69) is 14.9 Å². The molecule has 0 amide bonds. The van der Waals surface area contributed by atoms with Crippen molar-refractivity contribution < 1.29 is 23.8 Å². The summed E-state index contributed by atoms with van der Waals surface area (Å²) < 4.78 is 10.2. The number of carboxylic acids is 1. The maximum Gasteiger partial charge on any atom is 0.342 e. The minimum absolute atomic E-state index is 0.0166. The number of hydrogen-bond acceptors (Lipinski definition) is 7. The van der Waals surface area contributed by atoms with Crippen molar-refractivity contribution in [2.24, 2.45) is 0 Å². The molecular formula is C19H13ClN2O5S. The fourth-order valence-corrected chi connectivity index (χ4v) is 2.97. The van der Waals surface area contributed by atoms with Crippen molar-refractivity contribution in [3.05, 3.63) is 69.6 Å². The summed E-state index contributed by atoms with van der Waals surface area (Å²) in [6.07, 6.45) is 1.44. The third kappa shape index (κ3) is 4.79. The number of ether oxygens (including phenoxy) is 1. The van der Waals surface area contributed by atoms with Crippen LogP contribution in [0.2, 0.25) is 5.02 Å². The molecule has 0 aliphatic carbocycles. The summed E-state index contributed by atoms with van der Waals surface area (Å²) in [6.45, 7) is 0. The van der Waals surface area contributed by atoms with E-state index in [1.54, 1.807) is 48.5 Å². The standard InChI is InChI=1S/C19H13ClN2O5S/c1-26-18(25)13-4-2-11(3-5-13)10-15(17(23)24)28-19-22-21-16(27-19)12-6-8-14(20)9-7-12/h2-10H,1H3,(H,23,24)/b15-10-. The van der Waals surface area contributed by atoms with Gasteiger partial charge in [0.25, 0.3) is 5.22 Å². The number of thioether (sulfide) groups is 1. The number of aliphatic carboxylic acids is 1. The number of methoxy groups -OCH3 is 1. The van der Waals surface area contributed by atoms with E-state index < -0.39 is 11.9 Å². The molecule has 28 heavy (non-hydrogen) atoms. The largest absolute Gasteiger partial charge is 0.477 e. The summed E-state index contributed by atoms with van der Waals surface area (Å²) in [5.74, 6) is -1.36. The Labute approximate surface area is 169 Å². The number of carboxylic acid groups (broad SMARTS) is 1. The average molecular weight is 417 g/mol. The van der Waals surface area contributed by atoms with Crippen LogP contribution in [0.5, 0.6) is 0 Å². The van der Waals surface area contributed by atoms with Crippen molar-refractivity contribution in [1.82, 2.24) is 10.2 Å². The topological polar surface area (TPSA) is 103 Å². The van der Waals surface area contributed by atoms with Gasteiger partial charge in [-0.15, -0.1) is 10.2 Å². The molecule has 1 aromatic heterocycles. The number of halogens is 1. The Bertz CT molecular complexity index is 1030. The molecule has 0 unspecified atom stereocenters. The summed E-state index contributed by atoms with van der Waals surface area (Å²) in [5, 5.41) is 17.9. The smallest absolute Gasteiger partial charge is 0.342 e. The van der Waals surface area contributed by atoms with E-state index in [4.69, 9.17) is 16.0 Å². The highest BCUT2D eigenvalue weighted by Gasteiger charge is 2.16. The van der Waals surface area contributed by atoms with Crippen LogP contribution < -0.4 is 0 Å². The van der Waals surface area contributed by atoms with Crippen LogP contribution in [0.3, 0.4) is 0 Å². The maximum absolute atomic E-state index is 11.6. The Morgan fingerprint density at radius 3 is 2.39 bits per heavy atom. The van der Waals surface area contributed by atoms with Crippen LogP contribution in [0.25, 0.3) is 17.5 Å². The number of aromatic nitrogens is 2. The van der Waals surface area contributed by atoms with Crippen LogP contribution in [0.4, 0.5) is 0 Å². The number of esters is 1. The second kappa shape index (κ2) is 8.73. The third-order valence-electron chi connectivity index (χ3n) is 3.54. The van der Waals surface area contributed by atoms with Gasteiger partial charge in [-0.3, -0.25) is 0 Å². The zero-order chi connectivity index (χ0) is 20.1. The van der Waals surface area contributed by atoms with Gasteiger partial charge in [-0.05, 0) is 59.8 Å². The zero-order valence-corrected chi connectivity index (χ0v) is 16.0. The van der Waals surface area contributed by atoms with E-state index in [9.17, 15) is 14.7 Å². The van der Waals surface area contributed by atoms with Crippen molar-refractivity contribution in [3.8, 4) is 11.5 Å². The molecule has 1 heterocycles. The molecule has 0 saturated carbocycles. The van der Waals surface area contributed by atoms with Gasteiger partial charge in [-0.25, -0.2) is 9.59 Å². The minimum Gasteiger partial charge on any atom is -0.477 e. The molecule has 7 nitrogen and oxygen atoms in total.